The van der Waals surface area contributed by atoms with E-state index in [2.05, 4.69) is 27.0 Å². The molecule has 0 aromatic carbocycles. The summed E-state index contributed by atoms with van der Waals surface area (Å²) >= 11 is 0. The smallest absolute Gasteiger partial charge is 0.257 e. The van der Waals surface area contributed by atoms with Crippen molar-refractivity contribution >= 4 is 11.9 Å². The molecule has 1 aromatic rings. The maximum Gasteiger partial charge on any atom is 0.257 e. The molecule has 0 saturated carbocycles. The average Bonchev–Trinajstić information content (AvgIpc) is 3.26. The van der Waals surface area contributed by atoms with Crippen molar-refractivity contribution in [2.75, 3.05) is 37.7 Å². The molecule has 23 heavy (non-hydrogen) atoms. The van der Waals surface area contributed by atoms with Gasteiger partial charge in [-0.1, -0.05) is 12.2 Å². The lowest BCUT2D eigenvalue weighted by atomic mass is 9.93. The molecule has 0 atom stereocenters. The van der Waals surface area contributed by atoms with Crippen molar-refractivity contribution in [3.8, 4) is 0 Å². The minimum absolute atomic E-state index is 0.0139. The SMILES string of the molecule is O=C(c1cnc(N2CCOCC2)nc1)N1CCCC12CC=CC2. The summed E-state index contributed by atoms with van der Waals surface area (Å²) in [6.45, 7) is 3.84. The van der Waals surface area contributed by atoms with Crippen molar-refractivity contribution in [3.63, 3.8) is 0 Å². The van der Waals surface area contributed by atoms with Gasteiger partial charge in [0, 0.05) is 32.0 Å². The molecule has 1 aliphatic carbocycles. The molecular weight excluding hydrogens is 292 g/mol. The number of ether oxygens (including phenoxy) is 1. The Morgan fingerprint density at radius 2 is 1.78 bits per heavy atom. The average molecular weight is 314 g/mol. The lowest BCUT2D eigenvalue weighted by Gasteiger charge is -2.35. The van der Waals surface area contributed by atoms with Crippen molar-refractivity contribution in [2.24, 2.45) is 0 Å². The van der Waals surface area contributed by atoms with E-state index >= 15 is 0 Å². The van der Waals surface area contributed by atoms with E-state index in [0.717, 1.165) is 45.3 Å². The van der Waals surface area contributed by atoms with E-state index in [1.54, 1.807) is 12.4 Å². The highest BCUT2D eigenvalue weighted by Gasteiger charge is 2.43. The molecule has 1 aromatic heterocycles. The molecule has 6 nitrogen and oxygen atoms in total. The third kappa shape index (κ3) is 2.61. The second-order valence-electron chi connectivity index (χ2n) is 6.54. The van der Waals surface area contributed by atoms with Crippen molar-refractivity contribution in [1.82, 2.24) is 14.9 Å². The van der Waals surface area contributed by atoms with Crippen LogP contribution in [0.1, 0.15) is 36.0 Å². The fourth-order valence-electron chi connectivity index (χ4n) is 3.88. The largest absolute Gasteiger partial charge is 0.378 e. The fourth-order valence-corrected chi connectivity index (χ4v) is 3.88. The van der Waals surface area contributed by atoms with Crippen molar-refractivity contribution < 1.29 is 9.53 Å². The van der Waals surface area contributed by atoms with Crippen molar-refractivity contribution in [3.05, 3.63) is 30.1 Å². The molecule has 0 radical (unpaired) electrons. The Labute approximate surface area is 136 Å². The maximum absolute atomic E-state index is 12.9. The number of aromatic nitrogens is 2. The van der Waals surface area contributed by atoms with E-state index in [1.807, 2.05) is 4.90 Å². The first-order chi connectivity index (χ1) is 11.3. The van der Waals surface area contributed by atoms with E-state index in [0.29, 0.717) is 24.7 Å². The quantitative estimate of drug-likeness (QED) is 0.777. The number of rotatable bonds is 2. The van der Waals surface area contributed by atoms with E-state index in [-0.39, 0.29) is 11.4 Å². The van der Waals surface area contributed by atoms with Crippen LogP contribution >= 0.6 is 0 Å². The van der Waals surface area contributed by atoms with Gasteiger partial charge in [-0.3, -0.25) is 4.79 Å². The van der Waals surface area contributed by atoms with Gasteiger partial charge in [-0.25, -0.2) is 9.97 Å². The number of hydrogen-bond acceptors (Lipinski definition) is 5. The molecular formula is C17H22N4O2. The Morgan fingerprint density at radius 1 is 1.09 bits per heavy atom. The van der Waals surface area contributed by atoms with Crippen LogP contribution in [0, 0.1) is 0 Å². The normalized spacial score (nSPS) is 23.0. The van der Waals surface area contributed by atoms with Crippen LogP contribution in [0.5, 0.6) is 0 Å². The summed E-state index contributed by atoms with van der Waals surface area (Å²) in [4.78, 5) is 25.8. The number of carbonyl (C=O) groups excluding carboxylic acids is 1. The lowest BCUT2D eigenvalue weighted by molar-refractivity contribution is 0.0613. The van der Waals surface area contributed by atoms with Gasteiger partial charge < -0.3 is 14.5 Å². The van der Waals surface area contributed by atoms with Gasteiger partial charge in [0.25, 0.3) is 5.91 Å². The fraction of sp³-hybridized carbons (Fsp3) is 0.588. The van der Waals surface area contributed by atoms with Crippen molar-refractivity contribution in [2.45, 2.75) is 31.2 Å². The molecule has 2 fully saturated rings. The first kappa shape index (κ1) is 14.6. The molecule has 3 aliphatic rings. The van der Waals surface area contributed by atoms with Crippen LogP contribution in [0.4, 0.5) is 5.95 Å². The highest BCUT2D eigenvalue weighted by atomic mass is 16.5. The molecule has 4 rings (SSSR count). The highest BCUT2D eigenvalue weighted by molar-refractivity contribution is 5.94. The van der Waals surface area contributed by atoms with Crippen LogP contribution in [-0.2, 0) is 4.74 Å². The molecule has 3 heterocycles. The molecule has 0 bridgehead atoms. The molecule has 122 valence electrons. The number of nitrogens with zero attached hydrogens (tertiary/aromatic N) is 4. The first-order valence-corrected chi connectivity index (χ1v) is 8.40. The number of amides is 1. The topological polar surface area (TPSA) is 58.6 Å². The van der Waals surface area contributed by atoms with Crippen LogP contribution in [0.25, 0.3) is 0 Å². The second-order valence-corrected chi connectivity index (χ2v) is 6.54. The highest BCUT2D eigenvalue weighted by Crippen LogP contribution is 2.40. The third-order valence-corrected chi connectivity index (χ3v) is 5.18. The van der Waals surface area contributed by atoms with Gasteiger partial charge in [0.05, 0.1) is 24.3 Å². The summed E-state index contributed by atoms with van der Waals surface area (Å²) < 4.78 is 5.34. The Bertz CT molecular complexity index is 600. The van der Waals surface area contributed by atoms with Crippen LogP contribution in [0.3, 0.4) is 0 Å². The van der Waals surface area contributed by atoms with Gasteiger partial charge in [-0.15, -0.1) is 0 Å². The number of hydrogen-bond donors (Lipinski definition) is 0. The molecule has 6 heteroatoms. The number of carbonyl (C=O) groups is 1. The summed E-state index contributed by atoms with van der Waals surface area (Å²) in [6, 6.07) is 0. The zero-order valence-electron chi connectivity index (χ0n) is 13.3. The van der Waals surface area contributed by atoms with Gasteiger partial charge in [-0.05, 0) is 25.7 Å². The zero-order valence-corrected chi connectivity index (χ0v) is 13.3. The second kappa shape index (κ2) is 5.92. The molecule has 0 N–H and O–H groups in total. The van der Waals surface area contributed by atoms with E-state index < -0.39 is 0 Å². The van der Waals surface area contributed by atoms with Crippen LogP contribution in [0.2, 0.25) is 0 Å². The number of anilines is 1. The minimum Gasteiger partial charge on any atom is -0.378 e. The standard InChI is InChI=1S/C17H22N4O2/c22-15(21-7-3-6-17(21)4-1-2-5-17)14-12-18-16(19-13-14)20-8-10-23-11-9-20/h1-2,12-13H,3-11H2. The van der Waals surface area contributed by atoms with Crippen LogP contribution in [-0.4, -0.2) is 59.2 Å². The van der Waals surface area contributed by atoms with Gasteiger partial charge in [0.1, 0.15) is 0 Å². The molecule has 2 saturated heterocycles. The monoisotopic (exact) mass is 314 g/mol. The summed E-state index contributed by atoms with van der Waals surface area (Å²) in [5, 5.41) is 0. The molecule has 1 spiro atoms. The summed E-state index contributed by atoms with van der Waals surface area (Å²) in [6.07, 6.45) is 11.9. The van der Waals surface area contributed by atoms with Gasteiger partial charge in [-0.2, -0.15) is 0 Å². The van der Waals surface area contributed by atoms with E-state index in [1.165, 1.54) is 0 Å². The van der Waals surface area contributed by atoms with Crippen LogP contribution in [0.15, 0.2) is 24.5 Å². The van der Waals surface area contributed by atoms with Gasteiger partial charge in [0.15, 0.2) is 0 Å². The van der Waals surface area contributed by atoms with Crippen molar-refractivity contribution in [1.29, 1.82) is 0 Å². The predicted octanol–water partition coefficient (Wildman–Crippen LogP) is 1.64. The molecule has 1 amide bonds. The van der Waals surface area contributed by atoms with Gasteiger partial charge in [0.2, 0.25) is 5.95 Å². The Kier molecular flexibility index (Phi) is 3.77. The zero-order chi connectivity index (χ0) is 15.7. The number of morpholine rings is 1. The Hall–Kier alpha value is -1.95. The Morgan fingerprint density at radius 3 is 2.48 bits per heavy atom. The lowest BCUT2D eigenvalue weighted by Crippen LogP contribution is -2.45. The van der Waals surface area contributed by atoms with E-state index in [9.17, 15) is 4.79 Å². The summed E-state index contributed by atoms with van der Waals surface area (Å²) in [5.74, 6) is 0.753. The summed E-state index contributed by atoms with van der Waals surface area (Å²) in [7, 11) is 0. The molecule has 2 aliphatic heterocycles. The number of likely N-dealkylation sites (tertiary alicyclic amines) is 1. The molecule has 0 unspecified atom stereocenters. The minimum atomic E-state index is 0.0139. The Balaban J connectivity index is 1.50. The predicted molar refractivity (Wildman–Crippen MR) is 86.4 cm³/mol. The van der Waals surface area contributed by atoms with E-state index in [4.69, 9.17) is 4.74 Å². The van der Waals surface area contributed by atoms with Crippen LogP contribution < -0.4 is 4.90 Å². The van der Waals surface area contributed by atoms with Gasteiger partial charge >= 0.3 is 0 Å². The third-order valence-electron chi connectivity index (χ3n) is 5.18. The first-order valence-electron chi connectivity index (χ1n) is 8.40. The summed E-state index contributed by atoms with van der Waals surface area (Å²) in [5.41, 5.74) is 0.607. The maximum atomic E-state index is 12.9.